The van der Waals surface area contributed by atoms with Gasteiger partial charge in [0.25, 0.3) is 0 Å². The maximum absolute atomic E-state index is 13.9. The van der Waals surface area contributed by atoms with Crippen molar-refractivity contribution >= 4 is 16.9 Å². The number of carbonyl (C=O) groups excluding carboxylic acids is 1. The molecule has 0 aliphatic carbocycles. The van der Waals surface area contributed by atoms with Crippen molar-refractivity contribution < 1.29 is 9.18 Å². The average molecular weight is 367 g/mol. The normalized spacial score (nSPS) is 12.0. The molecule has 0 aliphatic heterocycles. The number of nitrogens with two attached hydrogens (primary N) is 1. The van der Waals surface area contributed by atoms with Crippen LogP contribution in [0.2, 0.25) is 0 Å². The fourth-order valence-corrected chi connectivity index (χ4v) is 2.92. The van der Waals surface area contributed by atoms with Gasteiger partial charge in [0.1, 0.15) is 11.8 Å². The number of primary amides is 1. The summed E-state index contributed by atoms with van der Waals surface area (Å²) < 4.78 is 15.8. The second kappa shape index (κ2) is 8.44. The zero-order valence-corrected chi connectivity index (χ0v) is 14.9. The molecule has 3 heterocycles. The van der Waals surface area contributed by atoms with Gasteiger partial charge in [-0.2, -0.15) is 0 Å². The zero-order valence-electron chi connectivity index (χ0n) is 14.9. The van der Waals surface area contributed by atoms with E-state index in [0.29, 0.717) is 37.1 Å². The van der Waals surface area contributed by atoms with E-state index in [1.165, 1.54) is 6.20 Å². The van der Waals surface area contributed by atoms with Crippen molar-refractivity contribution in [2.75, 3.05) is 6.54 Å². The number of pyridine rings is 2. The highest BCUT2D eigenvalue weighted by molar-refractivity contribution is 5.93. The molecule has 0 spiro atoms. The number of aromatic nitrogens is 3. The van der Waals surface area contributed by atoms with Gasteiger partial charge in [-0.05, 0) is 49.2 Å². The van der Waals surface area contributed by atoms with Crippen molar-refractivity contribution in [3.63, 3.8) is 0 Å². The molecule has 7 heteroatoms. The Morgan fingerprint density at radius 1 is 1.33 bits per heavy atom. The summed E-state index contributed by atoms with van der Waals surface area (Å²) in [5.41, 5.74) is 8.10. The minimum Gasteiger partial charge on any atom is -0.391 e. The fraction of sp³-hybridized carbons (Fsp3) is 0.250. The molecule has 0 radical (unpaired) electrons. The van der Waals surface area contributed by atoms with Crippen molar-refractivity contribution in [2.24, 2.45) is 5.73 Å². The Balaban J connectivity index is 1.74. The second-order valence-electron chi connectivity index (χ2n) is 6.32. The van der Waals surface area contributed by atoms with Crippen LogP contribution in [0.5, 0.6) is 0 Å². The lowest BCUT2D eigenvalue weighted by atomic mass is 10.1. The average Bonchev–Trinajstić information content (AvgIpc) is 3.10. The van der Waals surface area contributed by atoms with Crippen LogP contribution in [0.25, 0.3) is 16.7 Å². The first-order chi connectivity index (χ1) is 13.1. The summed E-state index contributed by atoms with van der Waals surface area (Å²) in [6.07, 6.45) is 8.96. The highest BCUT2D eigenvalue weighted by Gasteiger charge is 2.10. The molecule has 0 aliphatic rings. The standard InChI is InChI=1S/C20H22FN5O/c1-2-23-7-5-17(21)4-3-14-9-15-6-8-26(20(15)25-11-14)18-10-16(19(22)27)12-24-13-18/h2,6,8-13,17,23H,1,3-5,7H2,(H2,22,27). The van der Waals surface area contributed by atoms with Gasteiger partial charge in [0.2, 0.25) is 5.91 Å². The highest BCUT2D eigenvalue weighted by atomic mass is 19.1. The molecule has 0 saturated carbocycles. The number of rotatable bonds is 9. The molecule has 0 aromatic carbocycles. The Morgan fingerprint density at radius 2 is 2.19 bits per heavy atom. The van der Waals surface area contributed by atoms with Crippen LogP contribution >= 0.6 is 0 Å². The topological polar surface area (TPSA) is 85.8 Å². The summed E-state index contributed by atoms with van der Waals surface area (Å²) in [6.45, 7) is 4.13. The molecule has 27 heavy (non-hydrogen) atoms. The Hall–Kier alpha value is -3.22. The number of nitrogens with one attached hydrogen (secondary N) is 1. The van der Waals surface area contributed by atoms with Crippen LogP contribution in [0.15, 0.2) is 55.8 Å². The zero-order chi connectivity index (χ0) is 19.2. The van der Waals surface area contributed by atoms with Crippen molar-refractivity contribution in [3.05, 3.63) is 66.9 Å². The van der Waals surface area contributed by atoms with Gasteiger partial charge in [-0.3, -0.25) is 14.3 Å². The largest absolute Gasteiger partial charge is 0.391 e. The van der Waals surface area contributed by atoms with Gasteiger partial charge in [-0.1, -0.05) is 6.58 Å². The van der Waals surface area contributed by atoms with E-state index in [2.05, 4.69) is 21.9 Å². The van der Waals surface area contributed by atoms with E-state index < -0.39 is 12.1 Å². The summed E-state index contributed by atoms with van der Waals surface area (Å²) in [5, 5.41) is 3.85. The molecule has 1 amide bonds. The number of amides is 1. The SMILES string of the molecule is C=CNCCC(F)CCc1cnc2c(ccn2-c2cncc(C(N)=O)c2)c1. The maximum atomic E-state index is 13.9. The van der Waals surface area contributed by atoms with E-state index >= 15 is 0 Å². The third-order valence-electron chi connectivity index (χ3n) is 4.36. The Bertz CT molecular complexity index is 952. The minimum atomic E-state index is -0.861. The van der Waals surface area contributed by atoms with Crippen LogP contribution < -0.4 is 11.1 Å². The lowest BCUT2D eigenvalue weighted by Crippen LogP contribution is -2.13. The smallest absolute Gasteiger partial charge is 0.250 e. The van der Waals surface area contributed by atoms with E-state index in [4.69, 9.17) is 5.73 Å². The van der Waals surface area contributed by atoms with Crippen LogP contribution in [0, 0.1) is 0 Å². The van der Waals surface area contributed by atoms with Crippen molar-refractivity contribution in [1.82, 2.24) is 19.9 Å². The molecule has 0 saturated heterocycles. The lowest BCUT2D eigenvalue weighted by molar-refractivity contribution is 0.1000. The Kier molecular flexibility index (Phi) is 5.80. The first kappa shape index (κ1) is 18.6. The molecule has 3 aromatic rings. The summed E-state index contributed by atoms with van der Waals surface area (Å²) in [4.78, 5) is 19.9. The van der Waals surface area contributed by atoms with E-state index in [0.717, 1.165) is 16.6 Å². The lowest BCUT2D eigenvalue weighted by Gasteiger charge is -2.09. The number of hydrogen-bond acceptors (Lipinski definition) is 4. The van der Waals surface area contributed by atoms with E-state index in [1.54, 1.807) is 24.7 Å². The molecular weight excluding hydrogens is 345 g/mol. The van der Waals surface area contributed by atoms with Gasteiger partial charge >= 0.3 is 0 Å². The third-order valence-corrected chi connectivity index (χ3v) is 4.36. The molecule has 3 N–H and O–H groups in total. The minimum absolute atomic E-state index is 0.339. The molecule has 1 atom stereocenters. The number of alkyl halides is 1. The van der Waals surface area contributed by atoms with Crippen molar-refractivity contribution in [1.29, 1.82) is 0 Å². The number of aryl methyl sites for hydroxylation is 1. The van der Waals surface area contributed by atoms with Crippen LogP contribution in [0.4, 0.5) is 4.39 Å². The first-order valence-corrected chi connectivity index (χ1v) is 8.78. The van der Waals surface area contributed by atoms with E-state index in [-0.39, 0.29) is 0 Å². The quantitative estimate of drug-likeness (QED) is 0.570. The van der Waals surface area contributed by atoms with E-state index in [1.807, 2.05) is 22.9 Å². The van der Waals surface area contributed by atoms with Gasteiger partial charge in [-0.25, -0.2) is 9.37 Å². The molecule has 3 aromatic heterocycles. The third kappa shape index (κ3) is 4.49. The molecule has 6 nitrogen and oxygen atoms in total. The van der Waals surface area contributed by atoms with Gasteiger partial charge in [-0.15, -0.1) is 0 Å². The maximum Gasteiger partial charge on any atom is 0.250 e. The molecule has 140 valence electrons. The van der Waals surface area contributed by atoms with E-state index in [9.17, 15) is 9.18 Å². The molecular formula is C20H22FN5O. The fourth-order valence-electron chi connectivity index (χ4n) is 2.92. The number of hydrogen-bond donors (Lipinski definition) is 2. The Labute approximate surface area is 156 Å². The molecule has 0 fully saturated rings. The van der Waals surface area contributed by atoms with Crippen LogP contribution in [0.1, 0.15) is 28.8 Å². The summed E-state index contributed by atoms with van der Waals surface area (Å²) >= 11 is 0. The van der Waals surface area contributed by atoms with Gasteiger partial charge in [0.05, 0.1) is 17.4 Å². The number of nitrogens with zero attached hydrogens (tertiary/aromatic N) is 3. The van der Waals surface area contributed by atoms with Gasteiger partial charge < -0.3 is 11.1 Å². The Morgan fingerprint density at radius 3 is 2.96 bits per heavy atom. The van der Waals surface area contributed by atoms with Crippen LogP contribution in [0.3, 0.4) is 0 Å². The highest BCUT2D eigenvalue weighted by Crippen LogP contribution is 2.21. The van der Waals surface area contributed by atoms with Crippen LogP contribution in [-0.2, 0) is 6.42 Å². The predicted molar refractivity (Wildman–Crippen MR) is 103 cm³/mol. The monoisotopic (exact) mass is 367 g/mol. The number of fused-ring (bicyclic) bond motifs is 1. The second-order valence-corrected chi connectivity index (χ2v) is 6.32. The van der Waals surface area contributed by atoms with Gasteiger partial charge in [0.15, 0.2) is 0 Å². The van der Waals surface area contributed by atoms with Crippen LogP contribution in [-0.4, -0.2) is 33.2 Å². The summed E-state index contributed by atoms with van der Waals surface area (Å²) in [5.74, 6) is -0.528. The number of carbonyl (C=O) groups is 1. The first-order valence-electron chi connectivity index (χ1n) is 8.78. The molecule has 1 unspecified atom stereocenters. The van der Waals surface area contributed by atoms with Crippen molar-refractivity contribution in [2.45, 2.75) is 25.4 Å². The molecule has 3 rings (SSSR count). The van der Waals surface area contributed by atoms with Crippen molar-refractivity contribution in [3.8, 4) is 5.69 Å². The summed E-state index contributed by atoms with van der Waals surface area (Å²) in [7, 11) is 0. The molecule has 0 bridgehead atoms. The predicted octanol–water partition coefficient (Wildman–Crippen LogP) is 2.91. The summed E-state index contributed by atoms with van der Waals surface area (Å²) in [6, 6.07) is 5.62. The van der Waals surface area contributed by atoms with Gasteiger partial charge in [0, 0.05) is 30.5 Å². The number of halogens is 1.